The van der Waals surface area contributed by atoms with E-state index in [0.717, 1.165) is 10.0 Å². The van der Waals surface area contributed by atoms with Crippen LogP contribution in [0.2, 0.25) is 0 Å². The fraction of sp³-hybridized carbons (Fsp3) is 0.333. The maximum atomic E-state index is 12.2. The molecule has 0 bridgehead atoms. The minimum atomic E-state index is -0.599. The number of esters is 1. The Hall–Kier alpha value is -2.08. The van der Waals surface area contributed by atoms with Gasteiger partial charge in [-0.25, -0.2) is 9.59 Å². The van der Waals surface area contributed by atoms with Gasteiger partial charge in [-0.2, -0.15) is 4.73 Å². The van der Waals surface area contributed by atoms with Gasteiger partial charge in [0.05, 0.1) is 23.8 Å². The zero-order chi connectivity index (χ0) is 17.9. The van der Waals surface area contributed by atoms with Crippen LogP contribution in [-0.4, -0.2) is 23.3 Å². The third kappa shape index (κ3) is 4.26. The number of rotatable bonds is 4. The second-order valence-electron chi connectivity index (χ2n) is 6.30. The van der Waals surface area contributed by atoms with Crippen LogP contribution in [0.3, 0.4) is 0 Å². The van der Waals surface area contributed by atoms with Gasteiger partial charge >= 0.3 is 11.9 Å². The van der Waals surface area contributed by atoms with Crippen molar-refractivity contribution >= 4 is 27.9 Å². The molecule has 24 heavy (non-hydrogen) atoms. The standard InChI is InChI=1S/C18H20BrNO4/c1-5-23-16(21)15-10-13(19)6-7-14(15)12-8-9-20(11-12)24-17(22)18(2,3)4/h6-11H,5H2,1-4H3. The van der Waals surface area contributed by atoms with Crippen molar-refractivity contribution in [2.24, 2.45) is 5.41 Å². The van der Waals surface area contributed by atoms with Crippen LogP contribution in [0.5, 0.6) is 0 Å². The molecule has 0 radical (unpaired) electrons. The molecule has 6 heteroatoms. The van der Waals surface area contributed by atoms with E-state index in [1.54, 1.807) is 52.2 Å². The highest BCUT2D eigenvalue weighted by Crippen LogP contribution is 2.28. The maximum absolute atomic E-state index is 12.2. The highest BCUT2D eigenvalue weighted by atomic mass is 79.9. The largest absolute Gasteiger partial charge is 0.462 e. The van der Waals surface area contributed by atoms with Gasteiger partial charge in [-0.3, -0.25) is 0 Å². The first-order valence-electron chi connectivity index (χ1n) is 7.60. The number of ether oxygens (including phenoxy) is 1. The lowest BCUT2D eigenvalue weighted by Crippen LogP contribution is -2.30. The number of carbonyl (C=O) groups is 2. The van der Waals surface area contributed by atoms with Crippen molar-refractivity contribution in [2.75, 3.05) is 6.61 Å². The normalized spacial score (nSPS) is 11.2. The molecule has 0 aliphatic rings. The zero-order valence-electron chi connectivity index (χ0n) is 14.1. The van der Waals surface area contributed by atoms with Crippen LogP contribution in [0.1, 0.15) is 38.1 Å². The van der Waals surface area contributed by atoms with Crippen molar-refractivity contribution in [3.05, 3.63) is 46.7 Å². The number of nitrogens with zero attached hydrogens (tertiary/aromatic N) is 1. The van der Waals surface area contributed by atoms with Crippen molar-refractivity contribution in [1.29, 1.82) is 0 Å². The number of benzene rings is 1. The first-order valence-corrected chi connectivity index (χ1v) is 8.39. The minimum Gasteiger partial charge on any atom is -0.462 e. The third-order valence-electron chi connectivity index (χ3n) is 3.26. The molecule has 128 valence electrons. The second kappa shape index (κ2) is 7.21. The predicted octanol–water partition coefficient (Wildman–Crippen LogP) is 4.10. The molecule has 0 N–H and O–H groups in total. The summed E-state index contributed by atoms with van der Waals surface area (Å²) in [5.74, 6) is -0.737. The highest BCUT2D eigenvalue weighted by molar-refractivity contribution is 9.10. The number of hydrogen-bond donors (Lipinski definition) is 0. The van der Waals surface area contributed by atoms with Crippen LogP contribution >= 0.6 is 15.9 Å². The van der Waals surface area contributed by atoms with Crippen LogP contribution in [0.15, 0.2) is 41.1 Å². The van der Waals surface area contributed by atoms with Gasteiger partial charge in [0.2, 0.25) is 0 Å². The van der Waals surface area contributed by atoms with Crippen LogP contribution in [0.4, 0.5) is 0 Å². The number of aromatic nitrogens is 1. The molecule has 0 aliphatic carbocycles. The summed E-state index contributed by atoms with van der Waals surface area (Å²) in [5, 5.41) is 0. The number of carbonyl (C=O) groups excluding carboxylic acids is 2. The maximum Gasteiger partial charge on any atom is 0.338 e. The lowest BCUT2D eigenvalue weighted by Gasteiger charge is -2.15. The number of hydrogen-bond acceptors (Lipinski definition) is 4. The Kier molecular flexibility index (Phi) is 5.49. The molecule has 0 saturated carbocycles. The molecule has 2 aromatic rings. The van der Waals surface area contributed by atoms with E-state index in [2.05, 4.69) is 15.9 Å². The molecule has 1 aromatic heterocycles. The Morgan fingerprint density at radius 2 is 1.92 bits per heavy atom. The first-order chi connectivity index (χ1) is 11.2. The van der Waals surface area contributed by atoms with Crippen molar-refractivity contribution in [1.82, 2.24) is 4.73 Å². The van der Waals surface area contributed by atoms with E-state index in [1.165, 1.54) is 4.73 Å². The molecule has 1 aromatic carbocycles. The second-order valence-corrected chi connectivity index (χ2v) is 7.21. The summed E-state index contributed by atoms with van der Waals surface area (Å²) in [6.07, 6.45) is 3.30. The molecule has 5 nitrogen and oxygen atoms in total. The summed E-state index contributed by atoms with van der Waals surface area (Å²) in [5.41, 5.74) is 1.32. The van der Waals surface area contributed by atoms with Gasteiger partial charge in [-0.1, -0.05) is 22.0 Å². The van der Waals surface area contributed by atoms with E-state index < -0.39 is 11.4 Å². The SMILES string of the molecule is CCOC(=O)c1cc(Br)ccc1-c1ccn(OC(=O)C(C)(C)C)c1. The Morgan fingerprint density at radius 1 is 1.21 bits per heavy atom. The van der Waals surface area contributed by atoms with Crippen LogP contribution in [0, 0.1) is 5.41 Å². The molecule has 0 amide bonds. The van der Waals surface area contributed by atoms with Crippen molar-refractivity contribution < 1.29 is 19.2 Å². The Bertz CT molecular complexity index is 759. The van der Waals surface area contributed by atoms with E-state index >= 15 is 0 Å². The molecule has 0 unspecified atom stereocenters. The minimum absolute atomic E-state index is 0.301. The van der Waals surface area contributed by atoms with Gasteiger partial charge < -0.3 is 9.57 Å². The molecule has 0 saturated heterocycles. The fourth-order valence-corrected chi connectivity index (χ4v) is 2.33. The lowest BCUT2D eigenvalue weighted by atomic mass is 9.98. The van der Waals surface area contributed by atoms with E-state index in [9.17, 15) is 9.59 Å². The Morgan fingerprint density at radius 3 is 2.54 bits per heavy atom. The van der Waals surface area contributed by atoms with E-state index in [4.69, 9.17) is 9.57 Å². The van der Waals surface area contributed by atoms with Gasteiger partial charge in [-0.15, -0.1) is 0 Å². The fourth-order valence-electron chi connectivity index (χ4n) is 1.97. The van der Waals surface area contributed by atoms with Gasteiger partial charge in [0.15, 0.2) is 0 Å². The molecule has 0 aliphatic heterocycles. The molecular formula is C18H20BrNO4. The quantitative estimate of drug-likeness (QED) is 0.733. The van der Waals surface area contributed by atoms with E-state index in [-0.39, 0.29) is 5.97 Å². The van der Waals surface area contributed by atoms with Crippen LogP contribution in [-0.2, 0) is 9.53 Å². The van der Waals surface area contributed by atoms with Gasteiger partial charge in [0.1, 0.15) is 0 Å². The monoisotopic (exact) mass is 393 g/mol. The van der Waals surface area contributed by atoms with Gasteiger partial charge in [-0.05, 0) is 51.5 Å². The topological polar surface area (TPSA) is 57.5 Å². The smallest absolute Gasteiger partial charge is 0.338 e. The summed E-state index contributed by atoms with van der Waals surface area (Å²) in [7, 11) is 0. The Labute approximate surface area is 149 Å². The van der Waals surface area contributed by atoms with Crippen molar-refractivity contribution in [2.45, 2.75) is 27.7 Å². The summed E-state index contributed by atoms with van der Waals surface area (Å²) in [6, 6.07) is 7.16. The van der Waals surface area contributed by atoms with Crippen molar-refractivity contribution in [3.8, 4) is 11.1 Å². The molecule has 0 fully saturated rings. The molecule has 2 rings (SSSR count). The number of halogens is 1. The van der Waals surface area contributed by atoms with Crippen molar-refractivity contribution in [3.63, 3.8) is 0 Å². The summed E-state index contributed by atoms with van der Waals surface area (Å²) >= 11 is 3.37. The third-order valence-corrected chi connectivity index (χ3v) is 3.75. The zero-order valence-corrected chi connectivity index (χ0v) is 15.7. The summed E-state index contributed by atoms with van der Waals surface area (Å²) in [4.78, 5) is 29.4. The summed E-state index contributed by atoms with van der Waals surface area (Å²) in [6.45, 7) is 7.42. The first kappa shape index (κ1) is 18.3. The Balaban J connectivity index is 2.33. The molecular weight excluding hydrogens is 374 g/mol. The highest BCUT2D eigenvalue weighted by Gasteiger charge is 2.24. The predicted molar refractivity (Wildman–Crippen MR) is 94.6 cm³/mol. The lowest BCUT2D eigenvalue weighted by molar-refractivity contribution is -0.153. The van der Waals surface area contributed by atoms with Crippen LogP contribution < -0.4 is 4.84 Å². The van der Waals surface area contributed by atoms with E-state index in [0.29, 0.717) is 17.7 Å². The van der Waals surface area contributed by atoms with Gasteiger partial charge in [0.25, 0.3) is 0 Å². The molecule has 0 spiro atoms. The average molecular weight is 394 g/mol. The average Bonchev–Trinajstić information content (AvgIpc) is 2.94. The van der Waals surface area contributed by atoms with Gasteiger partial charge in [0, 0.05) is 16.2 Å². The molecule has 1 heterocycles. The van der Waals surface area contributed by atoms with Crippen LogP contribution in [0.25, 0.3) is 11.1 Å². The van der Waals surface area contributed by atoms with E-state index in [1.807, 2.05) is 12.1 Å². The summed E-state index contributed by atoms with van der Waals surface area (Å²) < 4.78 is 7.24. The molecule has 0 atom stereocenters.